The van der Waals surface area contributed by atoms with E-state index in [1.54, 1.807) is 0 Å². The molecule has 1 N–H and O–H groups in total. The van der Waals surface area contributed by atoms with Gasteiger partial charge >= 0.3 is 5.97 Å². The number of thioether (sulfide) groups is 1. The van der Waals surface area contributed by atoms with Crippen LogP contribution in [0.3, 0.4) is 0 Å². The molecule has 134 valence electrons. The molecule has 0 aliphatic carbocycles. The van der Waals surface area contributed by atoms with Crippen LogP contribution in [0.4, 0.5) is 0 Å². The lowest BCUT2D eigenvalue weighted by Crippen LogP contribution is -2.29. The van der Waals surface area contributed by atoms with E-state index in [4.69, 9.17) is 17.3 Å². The maximum atomic E-state index is 12.7. The number of nitrogens with zero attached hydrogens (tertiary/aromatic N) is 1. The summed E-state index contributed by atoms with van der Waals surface area (Å²) >= 11 is 6.60. The maximum absolute atomic E-state index is 12.7. The van der Waals surface area contributed by atoms with E-state index >= 15 is 0 Å². The number of carbonyl (C=O) groups is 2. The summed E-state index contributed by atoms with van der Waals surface area (Å²) in [7, 11) is 0. The molecule has 1 aromatic rings. The fraction of sp³-hybridized carbons (Fsp3) is 0.421. The number of benzene rings is 1. The number of carbonyl (C=O) groups excluding carboxylic acids is 1. The fourth-order valence-electron chi connectivity index (χ4n) is 2.96. The van der Waals surface area contributed by atoms with E-state index in [0.717, 1.165) is 5.56 Å². The number of thiocarbonyl (C=S) groups is 1. The first-order chi connectivity index (χ1) is 11.6. The molecule has 0 saturated carbocycles. The summed E-state index contributed by atoms with van der Waals surface area (Å²) in [5, 5.41) is 8.75. The smallest absolute Gasteiger partial charge is 0.303 e. The molecule has 0 bridgehead atoms. The number of carboxylic acids is 1. The molecule has 0 radical (unpaired) electrons. The van der Waals surface area contributed by atoms with Crippen LogP contribution in [0, 0.1) is 34.6 Å². The maximum Gasteiger partial charge on any atom is 0.303 e. The van der Waals surface area contributed by atoms with Crippen molar-refractivity contribution >= 4 is 46.3 Å². The lowest BCUT2D eigenvalue weighted by Gasteiger charge is -2.17. The molecule has 0 atom stereocenters. The normalized spacial score (nSPS) is 16.2. The number of amides is 1. The zero-order valence-electron chi connectivity index (χ0n) is 15.2. The summed E-state index contributed by atoms with van der Waals surface area (Å²) in [4.78, 5) is 25.4. The van der Waals surface area contributed by atoms with E-state index in [2.05, 4.69) is 34.6 Å². The predicted octanol–water partition coefficient (Wildman–Crippen LogP) is 4.29. The van der Waals surface area contributed by atoms with E-state index in [9.17, 15) is 9.59 Å². The van der Waals surface area contributed by atoms with E-state index in [-0.39, 0.29) is 12.3 Å². The van der Waals surface area contributed by atoms with Crippen molar-refractivity contribution in [2.24, 2.45) is 0 Å². The Kier molecular flexibility index (Phi) is 6.06. The van der Waals surface area contributed by atoms with Gasteiger partial charge < -0.3 is 5.11 Å². The fourth-order valence-corrected chi connectivity index (χ4v) is 4.25. The molecule has 0 spiro atoms. The Morgan fingerprint density at radius 1 is 1.08 bits per heavy atom. The lowest BCUT2D eigenvalue weighted by molar-refractivity contribution is -0.137. The molecule has 1 amide bonds. The molecule has 1 aromatic carbocycles. The minimum atomic E-state index is -0.863. The minimum absolute atomic E-state index is 0.0324. The Bertz CT molecular complexity index is 767. The van der Waals surface area contributed by atoms with Crippen molar-refractivity contribution in [2.75, 3.05) is 6.54 Å². The van der Waals surface area contributed by atoms with Crippen molar-refractivity contribution in [1.29, 1.82) is 0 Å². The molecule has 25 heavy (non-hydrogen) atoms. The summed E-state index contributed by atoms with van der Waals surface area (Å²) in [6.45, 7) is 10.8. The summed E-state index contributed by atoms with van der Waals surface area (Å²) in [6.07, 6.45) is 2.36. The molecule has 4 nitrogen and oxygen atoms in total. The zero-order chi connectivity index (χ0) is 18.9. The van der Waals surface area contributed by atoms with Crippen LogP contribution < -0.4 is 0 Å². The Labute approximate surface area is 158 Å². The highest BCUT2D eigenvalue weighted by molar-refractivity contribution is 8.26. The largest absolute Gasteiger partial charge is 0.481 e. The van der Waals surface area contributed by atoms with Gasteiger partial charge in [-0.1, -0.05) is 24.0 Å². The second kappa shape index (κ2) is 7.70. The monoisotopic (exact) mass is 377 g/mol. The molecular weight excluding hydrogens is 354 g/mol. The van der Waals surface area contributed by atoms with Crippen LogP contribution in [0.25, 0.3) is 6.08 Å². The van der Waals surface area contributed by atoms with Gasteiger partial charge in [0.25, 0.3) is 5.91 Å². The summed E-state index contributed by atoms with van der Waals surface area (Å²) in [5.41, 5.74) is 7.20. The predicted molar refractivity (Wildman–Crippen MR) is 107 cm³/mol. The van der Waals surface area contributed by atoms with Gasteiger partial charge in [0, 0.05) is 13.0 Å². The van der Waals surface area contributed by atoms with Crippen molar-refractivity contribution in [3.8, 4) is 0 Å². The molecule has 1 aliphatic heterocycles. The summed E-state index contributed by atoms with van der Waals surface area (Å²) in [5.74, 6) is -0.993. The average Bonchev–Trinajstić information content (AvgIpc) is 2.82. The van der Waals surface area contributed by atoms with Gasteiger partial charge in [-0.25, -0.2) is 0 Å². The number of hydrogen-bond acceptors (Lipinski definition) is 4. The van der Waals surface area contributed by atoms with E-state index in [1.165, 1.54) is 44.5 Å². The molecule has 1 saturated heterocycles. The number of rotatable bonds is 5. The van der Waals surface area contributed by atoms with E-state index in [1.807, 2.05) is 6.08 Å². The van der Waals surface area contributed by atoms with Crippen LogP contribution in [0.2, 0.25) is 0 Å². The Balaban J connectivity index is 2.33. The van der Waals surface area contributed by atoms with Crippen LogP contribution in [0.5, 0.6) is 0 Å². The third-order valence-electron chi connectivity index (χ3n) is 4.98. The molecule has 0 unspecified atom stereocenters. The topological polar surface area (TPSA) is 57.6 Å². The van der Waals surface area contributed by atoms with Gasteiger partial charge in [-0.15, -0.1) is 0 Å². The van der Waals surface area contributed by atoms with Crippen molar-refractivity contribution in [3.05, 3.63) is 38.3 Å². The lowest BCUT2D eigenvalue weighted by atomic mass is 9.89. The van der Waals surface area contributed by atoms with Crippen LogP contribution in [-0.2, 0) is 9.59 Å². The first-order valence-corrected chi connectivity index (χ1v) is 9.41. The quantitative estimate of drug-likeness (QED) is 0.613. The Hall–Kier alpha value is -1.66. The average molecular weight is 378 g/mol. The first-order valence-electron chi connectivity index (χ1n) is 8.19. The molecule has 2 rings (SSSR count). The highest BCUT2D eigenvalue weighted by atomic mass is 32.2. The van der Waals surface area contributed by atoms with Gasteiger partial charge in [0.15, 0.2) is 0 Å². The van der Waals surface area contributed by atoms with E-state index < -0.39 is 5.97 Å². The minimum Gasteiger partial charge on any atom is -0.481 e. The number of aliphatic carboxylic acids is 1. The van der Waals surface area contributed by atoms with Gasteiger partial charge in [0.2, 0.25) is 0 Å². The van der Waals surface area contributed by atoms with Gasteiger partial charge in [-0.2, -0.15) is 0 Å². The van der Waals surface area contributed by atoms with Crippen molar-refractivity contribution in [2.45, 2.75) is 47.5 Å². The second-order valence-corrected chi connectivity index (χ2v) is 8.05. The zero-order valence-corrected chi connectivity index (χ0v) is 16.9. The third-order valence-corrected chi connectivity index (χ3v) is 6.36. The van der Waals surface area contributed by atoms with Gasteiger partial charge in [-0.3, -0.25) is 14.5 Å². The molecule has 1 heterocycles. The standard InChI is InChI=1S/C19H23NO3S2/c1-10-11(2)13(4)15(14(5)12(10)3)9-16-18(23)20(19(24)25-16)8-6-7-17(21)22/h9H,6-8H2,1-5H3,(H,21,22)/b16-9-. The number of hydrogen-bond donors (Lipinski definition) is 1. The number of carboxylic acid groups (broad SMARTS) is 1. The highest BCUT2D eigenvalue weighted by Gasteiger charge is 2.32. The van der Waals surface area contributed by atoms with Crippen LogP contribution in [0.15, 0.2) is 4.91 Å². The van der Waals surface area contributed by atoms with Gasteiger partial charge in [0.1, 0.15) is 4.32 Å². The first kappa shape index (κ1) is 19.7. The Morgan fingerprint density at radius 3 is 2.12 bits per heavy atom. The molecule has 0 aromatic heterocycles. The summed E-state index contributed by atoms with van der Waals surface area (Å²) in [6, 6.07) is 0. The third kappa shape index (κ3) is 3.96. The van der Waals surface area contributed by atoms with Crippen molar-refractivity contribution in [3.63, 3.8) is 0 Å². The SMILES string of the molecule is Cc1c(C)c(C)c(/C=C2\SC(=S)N(CCCC(=O)O)C2=O)c(C)c1C. The van der Waals surface area contributed by atoms with Crippen LogP contribution in [-0.4, -0.2) is 32.7 Å². The molecule has 1 fully saturated rings. The summed E-state index contributed by atoms with van der Waals surface area (Å²) < 4.78 is 0.498. The van der Waals surface area contributed by atoms with Gasteiger partial charge in [-0.05, 0) is 80.5 Å². The highest BCUT2D eigenvalue weighted by Crippen LogP contribution is 2.35. The van der Waals surface area contributed by atoms with E-state index in [0.29, 0.717) is 22.2 Å². The van der Waals surface area contributed by atoms with Crippen LogP contribution >= 0.6 is 24.0 Å². The van der Waals surface area contributed by atoms with Crippen LogP contribution in [0.1, 0.15) is 46.2 Å². The second-order valence-electron chi connectivity index (χ2n) is 6.37. The van der Waals surface area contributed by atoms with Crippen molar-refractivity contribution < 1.29 is 14.7 Å². The Morgan fingerprint density at radius 2 is 1.60 bits per heavy atom. The molecule has 1 aliphatic rings. The van der Waals surface area contributed by atoms with Crippen molar-refractivity contribution in [1.82, 2.24) is 4.90 Å². The molecular formula is C19H23NO3S2. The van der Waals surface area contributed by atoms with Gasteiger partial charge in [0.05, 0.1) is 4.91 Å². The molecule has 6 heteroatoms.